The number of rotatable bonds is 4. The van der Waals surface area contributed by atoms with Gasteiger partial charge in [0.15, 0.2) is 0 Å². The molecule has 1 fully saturated rings. The van der Waals surface area contributed by atoms with Crippen LogP contribution in [0.25, 0.3) is 10.8 Å². The Bertz CT molecular complexity index is 841. The third kappa shape index (κ3) is 4.39. The maximum Gasteiger partial charge on any atom is 0.251 e. The van der Waals surface area contributed by atoms with Crippen molar-refractivity contribution in [3.05, 3.63) is 42.0 Å². The van der Waals surface area contributed by atoms with E-state index in [-0.39, 0.29) is 17.9 Å². The zero-order chi connectivity index (χ0) is 19.6. The summed E-state index contributed by atoms with van der Waals surface area (Å²) in [6.45, 7) is 5.15. The highest BCUT2D eigenvalue weighted by molar-refractivity contribution is 5.99. The van der Waals surface area contributed by atoms with Crippen LogP contribution >= 0.6 is 0 Å². The molecule has 27 heavy (non-hydrogen) atoms. The topological polar surface area (TPSA) is 101 Å². The van der Waals surface area contributed by atoms with Crippen LogP contribution in [0.5, 0.6) is 0 Å². The predicted molar refractivity (Wildman–Crippen MR) is 108 cm³/mol. The normalized spacial score (nSPS) is 17.5. The first-order valence-electron chi connectivity index (χ1n) is 9.49. The molecule has 6 nitrogen and oxygen atoms in total. The Hall–Kier alpha value is -2.60. The molecule has 5 N–H and O–H groups in total. The molecule has 2 aromatic rings. The Morgan fingerprint density at radius 2 is 1.70 bits per heavy atom. The van der Waals surface area contributed by atoms with Gasteiger partial charge in [-0.3, -0.25) is 9.59 Å². The third-order valence-electron chi connectivity index (χ3n) is 5.43. The first kappa shape index (κ1) is 19.2. The Labute approximate surface area is 159 Å². The summed E-state index contributed by atoms with van der Waals surface area (Å²) >= 11 is 0. The monoisotopic (exact) mass is 368 g/mol. The number of nitrogens with two attached hydrogens (primary N) is 2. The number of nitrogen functional groups attached to an aromatic ring is 1. The number of hydrogen-bond donors (Lipinski definition) is 3. The zero-order valence-corrected chi connectivity index (χ0v) is 15.9. The molecule has 1 aliphatic rings. The van der Waals surface area contributed by atoms with Gasteiger partial charge in [0.1, 0.15) is 0 Å². The lowest BCUT2D eigenvalue weighted by Gasteiger charge is -2.35. The number of likely N-dealkylation sites (tertiary alicyclic amines) is 1. The van der Waals surface area contributed by atoms with Crippen molar-refractivity contribution in [3.8, 4) is 0 Å². The number of fused-ring (bicyclic) bond motifs is 1. The summed E-state index contributed by atoms with van der Waals surface area (Å²) in [5, 5.41) is 5.13. The Morgan fingerprint density at radius 1 is 1.07 bits per heavy atom. The largest absolute Gasteiger partial charge is 0.399 e. The lowest BCUT2D eigenvalue weighted by atomic mass is 9.90. The molecule has 0 radical (unpaired) electrons. The number of carbonyl (C=O) groups excluding carboxylic acids is 2. The van der Waals surface area contributed by atoms with Crippen LogP contribution in [0.15, 0.2) is 36.4 Å². The molecule has 0 bridgehead atoms. The van der Waals surface area contributed by atoms with Crippen molar-refractivity contribution in [1.82, 2.24) is 10.2 Å². The van der Waals surface area contributed by atoms with Gasteiger partial charge in [-0.15, -0.1) is 0 Å². The highest BCUT2D eigenvalue weighted by Crippen LogP contribution is 2.22. The van der Waals surface area contributed by atoms with E-state index >= 15 is 0 Å². The standard InChI is InChI=1S/C21H28N4O2/c1-13(22)21(27)25-9-7-15(8-10-25)14(2)24-20(26)18-4-3-17-12-19(23)6-5-16(17)11-18/h3-6,11-15H,7-10,22-23H2,1-2H3,(H,24,26). The quantitative estimate of drug-likeness (QED) is 0.720. The molecule has 0 aromatic heterocycles. The first-order chi connectivity index (χ1) is 12.8. The van der Waals surface area contributed by atoms with Crippen LogP contribution < -0.4 is 16.8 Å². The molecule has 144 valence electrons. The van der Waals surface area contributed by atoms with Gasteiger partial charge in [-0.25, -0.2) is 0 Å². The summed E-state index contributed by atoms with van der Waals surface area (Å²) in [4.78, 5) is 26.5. The third-order valence-corrected chi connectivity index (χ3v) is 5.43. The second-order valence-corrected chi connectivity index (χ2v) is 7.53. The fraction of sp³-hybridized carbons (Fsp3) is 0.429. The van der Waals surface area contributed by atoms with Gasteiger partial charge in [0, 0.05) is 30.4 Å². The molecule has 2 aromatic carbocycles. The SMILES string of the molecule is CC(N)C(=O)N1CCC(C(C)NC(=O)c2ccc3cc(N)ccc3c2)CC1. The van der Waals surface area contributed by atoms with Gasteiger partial charge < -0.3 is 21.7 Å². The predicted octanol–water partition coefficient (Wildman–Crippen LogP) is 2.13. The number of nitrogens with one attached hydrogen (secondary N) is 1. The van der Waals surface area contributed by atoms with Crippen molar-refractivity contribution < 1.29 is 9.59 Å². The van der Waals surface area contributed by atoms with Crippen molar-refractivity contribution >= 4 is 28.3 Å². The van der Waals surface area contributed by atoms with E-state index in [1.807, 2.05) is 48.2 Å². The summed E-state index contributed by atoms with van der Waals surface area (Å²) in [5.41, 5.74) is 12.8. The second-order valence-electron chi connectivity index (χ2n) is 7.53. The minimum absolute atomic E-state index is 0.00180. The Balaban J connectivity index is 1.59. The van der Waals surface area contributed by atoms with Crippen LogP contribution in [0.3, 0.4) is 0 Å². The second kappa shape index (κ2) is 7.96. The van der Waals surface area contributed by atoms with Crippen LogP contribution in [0.2, 0.25) is 0 Å². The fourth-order valence-electron chi connectivity index (χ4n) is 3.72. The van der Waals surface area contributed by atoms with Crippen molar-refractivity contribution in [1.29, 1.82) is 0 Å². The van der Waals surface area contributed by atoms with Crippen LogP contribution in [0, 0.1) is 5.92 Å². The number of amides is 2. The average molecular weight is 368 g/mol. The van der Waals surface area contributed by atoms with E-state index in [9.17, 15) is 9.59 Å². The van der Waals surface area contributed by atoms with Crippen LogP contribution in [-0.4, -0.2) is 41.9 Å². The van der Waals surface area contributed by atoms with Gasteiger partial charge in [-0.1, -0.05) is 12.1 Å². The van der Waals surface area contributed by atoms with Gasteiger partial charge >= 0.3 is 0 Å². The molecule has 0 spiro atoms. The van der Waals surface area contributed by atoms with Gasteiger partial charge in [-0.2, -0.15) is 0 Å². The number of hydrogen-bond acceptors (Lipinski definition) is 4. The molecular formula is C21H28N4O2. The zero-order valence-electron chi connectivity index (χ0n) is 15.9. The Kier molecular flexibility index (Phi) is 5.65. The maximum atomic E-state index is 12.7. The molecule has 0 aliphatic carbocycles. The van der Waals surface area contributed by atoms with E-state index < -0.39 is 6.04 Å². The summed E-state index contributed by atoms with van der Waals surface area (Å²) in [5.74, 6) is 0.281. The highest BCUT2D eigenvalue weighted by Gasteiger charge is 2.28. The minimum Gasteiger partial charge on any atom is -0.399 e. The molecule has 1 saturated heterocycles. The van der Waals surface area contributed by atoms with Gasteiger partial charge in [-0.05, 0) is 67.6 Å². The lowest BCUT2D eigenvalue weighted by Crippen LogP contribution is -2.49. The molecule has 1 heterocycles. The Morgan fingerprint density at radius 3 is 2.37 bits per heavy atom. The molecule has 3 rings (SSSR count). The number of piperidine rings is 1. The number of anilines is 1. The fourth-order valence-corrected chi connectivity index (χ4v) is 3.72. The molecule has 2 amide bonds. The molecule has 0 saturated carbocycles. The molecule has 6 heteroatoms. The van der Waals surface area contributed by atoms with Crippen LogP contribution in [0.1, 0.15) is 37.0 Å². The first-order valence-corrected chi connectivity index (χ1v) is 9.49. The number of benzene rings is 2. The number of carbonyl (C=O) groups is 2. The van der Waals surface area contributed by atoms with E-state index in [1.165, 1.54) is 0 Å². The molecule has 2 atom stereocenters. The van der Waals surface area contributed by atoms with Crippen LogP contribution in [0.4, 0.5) is 5.69 Å². The van der Waals surface area contributed by atoms with Crippen molar-refractivity contribution in [2.75, 3.05) is 18.8 Å². The van der Waals surface area contributed by atoms with Gasteiger partial charge in [0.05, 0.1) is 6.04 Å². The average Bonchev–Trinajstić information content (AvgIpc) is 2.66. The van der Waals surface area contributed by atoms with E-state index in [4.69, 9.17) is 11.5 Å². The van der Waals surface area contributed by atoms with E-state index in [0.29, 0.717) is 30.3 Å². The van der Waals surface area contributed by atoms with Gasteiger partial charge in [0.25, 0.3) is 5.91 Å². The minimum atomic E-state index is -0.457. The van der Waals surface area contributed by atoms with Crippen molar-refractivity contribution in [3.63, 3.8) is 0 Å². The smallest absolute Gasteiger partial charge is 0.251 e. The lowest BCUT2D eigenvalue weighted by molar-refractivity contribution is -0.133. The molecule has 2 unspecified atom stereocenters. The molecular weight excluding hydrogens is 340 g/mol. The summed E-state index contributed by atoms with van der Waals surface area (Å²) in [7, 11) is 0. The van der Waals surface area contributed by atoms with Crippen molar-refractivity contribution in [2.24, 2.45) is 11.7 Å². The van der Waals surface area contributed by atoms with E-state index in [1.54, 1.807) is 6.92 Å². The highest BCUT2D eigenvalue weighted by atomic mass is 16.2. The summed E-state index contributed by atoms with van der Waals surface area (Å²) in [6, 6.07) is 10.9. The van der Waals surface area contributed by atoms with Crippen molar-refractivity contribution in [2.45, 2.75) is 38.8 Å². The molecule has 1 aliphatic heterocycles. The van der Waals surface area contributed by atoms with Crippen LogP contribution in [-0.2, 0) is 4.79 Å². The summed E-state index contributed by atoms with van der Waals surface area (Å²) < 4.78 is 0. The van der Waals surface area contributed by atoms with Gasteiger partial charge in [0.2, 0.25) is 5.91 Å². The number of nitrogens with zero attached hydrogens (tertiary/aromatic N) is 1. The van der Waals surface area contributed by atoms with E-state index in [2.05, 4.69) is 5.32 Å². The summed E-state index contributed by atoms with van der Waals surface area (Å²) in [6.07, 6.45) is 1.74. The van der Waals surface area contributed by atoms with E-state index in [0.717, 1.165) is 23.6 Å². The maximum absolute atomic E-state index is 12.7.